The van der Waals surface area contributed by atoms with Gasteiger partial charge in [-0.3, -0.25) is 14.3 Å². The fourth-order valence-electron chi connectivity index (χ4n) is 3.69. The van der Waals surface area contributed by atoms with E-state index in [-0.39, 0.29) is 24.2 Å². The molecule has 1 saturated heterocycles. The summed E-state index contributed by atoms with van der Waals surface area (Å²) in [5.41, 5.74) is 2.96. The van der Waals surface area contributed by atoms with Crippen LogP contribution in [0.3, 0.4) is 0 Å². The molecule has 4 rings (SSSR count). The van der Waals surface area contributed by atoms with Gasteiger partial charge in [0.25, 0.3) is 0 Å². The van der Waals surface area contributed by atoms with E-state index in [2.05, 4.69) is 15.2 Å². The Morgan fingerprint density at radius 1 is 1.14 bits per heavy atom. The lowest BCUT2D eigenvalue weighted by Crippen LogP contribution is -2.35. The Labute approximate surface area is 162 Å². The number of anilines is 1. The summed E-state index contributed by atoms with van der Waals surface area (Å²) in [4.78, 5) is 29.7. The number of imidazole rings is 1. The molecule has 2 aromatic carbocycles. The van der Waals surface area contributed by atoms with Gasteiger partial charge in [-0.1, -0.05) is 24.3 Å². The van der Waals surface area contributed by atoms with Gasteiger partial charge in [0, 0.05) is 25.3 Å². The first-order chi connectivity index (χ1) is 13.6. The second-order valence-electron chi connectivity index (χ2n) is 7.29. The molecule has 0 bridgehead atoms. The first-order valence-electron chi connectivity index (χ1n) is 9.55. The van der Waals surface area contributed by atoms with Crippen LogP contribution in [0.15, 0.2) is 53.3 Å². The van der Waals surface area contributed by atoms with E-state index in [4.69, 9.17) is 0 Å². The molecule has 1 aromatic heterocycles. The Kier molecular flexibility index (Phi) is 5.27. The van der Waals surface area contributed by atoms with Gasteiger partial charge in [0.2, 0.25) is 5.91 Å². The van der Waals surface area contributed by atoms with Crippen LogP contribution in [0.25, 0.3) is 11.0 Å². The highest BCUT2D eigenvalue weighted by atomic mass is 16.3. The number of nitrogens with one attached hydrogen (secondary N) is 2. The van der Waals surface area contributed by atoms with Crippen LogP contribution in [0, 0.1) is 0 Å². The Hall–Kier alpha value is -2.90. The molecule has 146 valence electrons. The van der Waals surface area contributed by atoms with Crippen molar-refractivity contribution in [1.29, 1.82) is 0 Å². The molecule has 3 N–H and O–H groups in total. The average Bonchev–Trinajstić information content (AvgIpc) is 2.99. The molecule has 0 unspecified atom stereocenters. The lowest BCUT2D eigenvalue weighted by molar-refractivity contribution is -0.116. The normalized spacial score (nSPS) is 15.8. The number of aromatic amines is 1. The van der Waals surface area contributed by atoms with Crippen molar-refractivity contribution in [2.24, 2.45) is 0 Å². The summed E-state index contributed by atoms with van der Waals surface area (Å²) in [6.45, 7) is 2.50. The number of hydrogen-bond donors (Lipinski definition) is 3. The van der Waals surface area contributed by atoms with E-state index in [1.165, 1.54) is 4.57 Å². The molecule has 0 saturated carbocycles. The highest BCUT2D eigenvalue weighted by Gasteiger charge is 2.17. The second kappa shape index (κ2) is 8.00. The number of rotatable bonds is 5. The number of aliphatic hydroxyl groups is 1. The van der Waals surface area contributed by atoms with E-state index in [0.717, 1.165) is 38.0 Å². The number of aliphatic hydroxyl groups excluding tert-OH is 1. The Bertz CT molecular complexity index is 1030. The van der Waals surface area contributed by atoms with Crippen LogP contribution in [0.2, 0.25) is 0 Å². The Balaban J connectivity index is 1.42. The third-order valence-electron chi connectivity index (χ3n) is 5.16. The summed E-state index contributed by atoms with van der Waals surface area (Å²) in [5, 5.41) is 12.5. The number of aromatic nitrogens is 2. The minimum atomic E-state index is -0.294. The molecule has 1 aliphatic heterocycles. The monoisotopic (exact) mass is 380 g/mol. The number of hydrogen-bond acceptors (Lipinski definition) is 4. The van der Waals surface area contributed by atoms with Crippen molar-refractivity contribution < 1.29 is 9.90 Å². The molecule has 0 spiro atoms. The van der Waals surface area contributed by atoms with Gasteiger partial charge in [0.15, 0.2) is 0 Å². The van der Waals surface area contributed by atoms with Crippen LogP contribution >= 0.6 is 0 Å². The molecule has 0 atom stereocenters. The van der Waals surface area contributed by atoms with E-state index >= 15 is 0 Å². The standard InChI is InChI=1S/C21H24N4O3/c26-17-8-10-24(11-9-17)13-15-4-3-5-16(12-15)22-20(27)14-25-19-7-2-1-6-18(19)23-21(25)28/h1-7,12,17,26H,8-11,13-14H2,(H,22,27)(H,23,28). The largest absolute Gasteiger partial charge is 0.393 e. The van der Waals surface area contributed by atoms with E-state index in [1.807, 2.05) is 48.5 Å². The molecule has 3 aromatic rings. The fourth-order valence-corrected chi connectivity index (χ4v) is 3.69. The number of carbonyl (C=O) groups is 1. The first kappa shape index (κ1) is 18.5. The van der Waals surface area contributed by atoms with Crippen LogP contribution in [-0.2, 0) is 17.9 Å². The van der Waals surface area contributed by atoms with Crippen molar-refractivity contribution in [3.63, 3.8) is 0 Å². The zero-order chi connectivity index (χ0) is 19.5. The third kappa shape index (κ3) is 4.16. The Morgan fingerprint density at radius 3 is 2.75 bits per heavy atom. The predicted octanol–water partition coefficient (Wildman–Crippen LogP) is 1.92. The van der Waals surface area contributed by atoms with E-state index in [0.29, 0.717) is 16.7 Å². The van der Waals surface area contributed by atoms with E-state index < -0.39 is 0 Å². The van der Waals surface area contributed by atoms with Crippen molar-refractivity contribution in [2.45, 2.75) is 32.0 Å². The maximum absolute atomic E-state index is 12.5. The molecule has 28 heavy (non-hydrogen) atoms. The SMILES string of the molecule is O=C(Cn1c(=O)[nH]c2ccccc21)Nc1cccc(CN2CCC(O)CC2)c1. The minimum Gasteiger partial charge on any atom is -0.393 e. The molecule has 1 aliphatic rings. The molecule has 0 radical (unpaired) electrons. The summed E-state index contributed by atoms with van der Waals surface area (Å²) in [7, 11) is 0. The van der Waals surface area contributed by atoms with E-state index in [9.17, 15) is 14.7 Å². The highest BCUT2D eigenvalue weighted by Crippen LogP contribution is 2.17. The van der Waals surface area contributed by atoms with Gasteiger partial charge >= 0.3 is 5.69 Å². The zero-order valence-corrected chi connectivity index (χ0v) is 15.6. The maximum atomic E-state index is 12.5. The van der Waals surface area contributed by atoms with Gasteiger partial charge in [0.1, 0.15) is 6.54 Å². The van der Waals surface area contributed by atoms with Gasteiger partial charge in [-0.25, -0.2) is 4.79 Å². The number of piperidine rings is 1. The number of amides is 1. The number of likely N-dealkylation sites (tertiary alicyclic amines) is 1. The van der Waals surface area contributed by atoms with Crippen LogP contribution in [0.4, 0.5) is 5.69 Å². The average molecular weight is 380 g/mol. The number of para-hydroxylation sites is 2. The zero-order valence-electron chi connectivity index (χ0n) is 15.6. The number of H-pyrrole nitrogens is 1. The fraction of sp³-hybridized carbons (Fsp3) is 0.333. The quantitative estimate of drug-likeness (QED) is 0.631. The van der Waals surface area contributed by atoms with Crippen molar-refractivity contribution in [1.82, 2.24) is 14.5 Å². The molecular weight excluding hydrogens is 356 g/mol. The summed E-state index contributed by atoms with van der Waals surface area (Å²) in [5.74, 6) is -0.245. The molecule has 7 heteroatoms. The highest BCUT2D eigenvalue weighted by molar-refractivity contribution is 5.91. The minimum absolute atomic E-state index is 0.0446. The maximum Gasteiger partial charge on any atom is 0.326 e. The van der Waals surface area contributed by atoms with Crippen molar-refractivity contribution in [3.05, 3.63) is 64.6 Å². The summed E-state index contributed by atoms with van der Waals surface area (Å²) in [6.07, 6.45) is 1.42. The smallest absolute Gasteiger partial charge is 0.326 e. The number of benzene rings is 2. The van der Waals surface area contributed by atoms with Gasteiger partial charge in [0.05, 0.1) is 17.1 Å². The van der Waals surface area contributed by atoms with Crippen LogP contribution in [0.5, 0.6) is 0 Å². The van der Waals surface area contributed by atoms with E-state index in [1.54, 1.807) is 0 Å². The second-order valence-corrected chi connectivity index (χ2v) is 7.29. The first-order valence-corrected chi connectivity index (χ1v) is 9.55. The van der Waals surface area contributed by atoms with Gasteiger partial charge in [-0.05, 0) is 42.7 Å². The molecule has 0 aliphatic carbocycles. The molecule has 1 amide bonds. The molecular formula is C21H24N4O3. The number of nitrogens with zero attached hydrogens (tertiary/aromatic N) is 2. The van der Waals surface area contributed by atoms with Gasteiger partial charge < -0.3 is 15.4 Å². The van der Waals surface area contributed by atoms with Crippen molar-refractivity contribution >= 4 is 22.6 Å². The number of fused-ring (bicyclic) bond motifs is 1. The number of carbonyl (C=O) groups excluding carboxylic acids is 1. The summed E-state index contributed by atoms with van der Waals surface area (Å²) in [6, 6.07) is 15.1. The topological polar surface area (TPSA) is 90.4 Å². The van der Waals surface area contributed by atoms with Crippen LogP contribution in [-0.4, -0.2) is 44.7 Å². The van der Waals surface area contributed by atoms with Gasteiger partial charge in [-0.15, -0.1) is 0 Å². The van der Waals surface area contributed by atoms with Crippen molar-refractivity contribution in [2.75, 3.05) is 18.4 Å². The molecule has 2 heterocycles. The third-order valence-corrected chi connectivity index (χ3v) is 5.16. The summed E-state index contributed by atoms with van der Waals surface area (Å²) < 4.78 is 1.44. The van der Waals surface area contributed by atoms with Crippen LogP contribution < -0.4 is 11.0 Å². The Morgan fingerprint density at radius 2 is 1.93 bits per heavy atom. The lowest BCUT2D eigenvalue weighted by atomic mass is 10.1. The van der Waals surface area contributed by atoms with Crippen molar-refractivity contribution in [3.8, 4) is 0 Å². The predicted molar refractivity (Wildman–Crippen MR) is 108 cm³/mol. The van der Waals surface area contributed by atoms with Gasteiger partial charge in [-0.2, -0.15) is 0 Å². The summed E-state index contributed by atoms with van der Waals surface area (Å²) >= 11 is 0. The van der Waals surface area contributed by atoms with Crippen LogP contribution in [0.1, 0.15) is 18.4 Å². The molecule has 1 fully saturated rings. The molecule has 7 nitrogen and oxygen atoms in total. The lowest BCUT2D eigenvalue weighted by Gasteiger charge is -2.29.